The molecule has 0 spiro atoms. The largest absolute Gasteiger partial charge is 0.312 e. The Bertz CT molecular complexity index is 813. The number of amides is 1. The van der Waals surface area contributed by atoms with Crippen LogP contribution >= 0.6 is 11.6 Å². The molecule has 1 amide bonds. The lowest BCUT2D eigenvalue weighted by molar-refractivity contribution is -0.123. The molecule has 0 aromatic heterocycles. The van der Waals surface area contributed by atoms with Gasteiger partial charge in [0, 0.05) is 35.3 Å². The lowest BCUT2D eigenvalue weighted by atomic mass is 9.93. The second-order valence-electron chi connectivity index (χ2n) is 7.47. The Labute approximate surface area is 164 Å². The minimum absolute atomic E-state index is 0.0449. The van der Waals surface area contributed by atoms with Gasteiger partial charge in [-0.3, -0.25) is 9.69 Å². The summed E-state index contributed by atoms with van der Waals surface area (Å²) in [4.78, 5) is 17.3. The maximum atomic E-state index is 14.0. The van der Waals surface area contributed by atoms with Crippen molar-refractivity contribution in [3.8, 4) is 0 Å². The molecule has 0 saturated carbocycles. The van der Waals surface area contributed by atoms with Gasteiger partial charge in [0.15, 0.2) is 0 Å². The smallest absolute Gasteiger partial charge is 0.230 e. The Balaban J connectivity index is 1.39. The molecule has 0 aliphatic carbocycles. The van der Waals surface area contributed by atoms with E-state index in [0.717, 1.165) is 51.0 Å². The van der Waals surface area contributed by atoms with E-state index in [1.807, 2.05) is 17.0 Å². The molecule has 0 radical (unpaired) electrons. The average Bonchev–Trinajstić information content (AvgIpc) is 2.70. The van der Waals surface area contributed by atoms with Crippen molar-refractivity contribution < 1.29 is 9.18 Å². The zero-order valence-corrected chi connectivity index (χ0v) is 16.1. The second kappa shape index (κ2) is 7.99. The lowest BCUT2D eigenvalue weighted by Gasteiger charge is -2.36. The van der Waals surface area contributed by atoms with Gasteiger partial charge in [-0.25, -0.2) is 4.39 Å². The van der Waals surface area contributed by atoms with Crippen LogP contribution in [-0.2, 0) is 17.8 Å². The summed E-state index contributed by atoms with van der Waals surface area (Å²) in [7, 11) is 0. The predicted octanol–water partition coefficient (Wildman–Crippen LogP) is 4.67. The van der Waals surface area contributed by atoms with Crippen LogP contribution in [0.5, 0.6) is 0 Å². The van der Waals surface area contributed by atoms with Crippen LogP contribution in [0.4, 0.5) is 10.1 Å². The van der Waals surface area contributed by atoms with E-state index < -0.39 is 0 Å². The van der Waals surface area contributed by atoms with E-state index >= 15 is 0 Å². The number of benzene rings is 2. The third-order valence-electron chi connectivity index (χ3n) is 5.76. The topological polar surface area (TPSA) is 23.6 Å². The fraction of sp³-hybridized carbons (Fsp3) is 0.409. The summed E-state index contributed by atoms with van der Waals surface area (Å²) < 4.78 is 14.0. The highest BCUT2D eigenvalue weighted by Crippen LogP contribution is 2.31. The number of hydrogen-bond donors (Lipinski definition) is 0. The van der Waals surface area contributed by atoms with E-state index in [9.17, 15) is 9.18 Å². The molecule has 2 aromatic rings. The number of hydrogen-bond acceptors (Lipinski definition) is 2. The summed E-state index contributed by atoms with van der Waals surface area (Å²) in [5.74, 6) is 0.0276. The molecule has 0 N–H and O–H groups in total. The average molecular weight is 387 g/mol. The van der Waals surface area contributed by atoms with Gasteiger partial charge in [-0.05, 0) is 62.5 Å². The van der Waals surface area contributed by atoms with Gasteiger partial charge in [0.25, 0.3) is 0 Å². The van der Waals surface area contributed by atoms with Crippen LogP contribution in [0.1, 0.15) is 30.4 Å². The second-order valence-corrected chi connectivity index (χ2v) is 7.88. The molecular formula is C22H24ClFN2O. The van der Waals surface area contributed by atoms with Crippen LogP contribution in [-0.4, -0.2) is 30.4 Å². The Morgan fingerprint density at radius 2 is 1.85 bits per heavy atom. The zero-order chi connectivity index (χ0) is 18.8. The van der Waals surface area contributed by atoms with Crippen molar-refractivity contribution >= 4 is 23.2 Å². The molecule has 0 atom stereocenters. The fourth-order valence-electron chi connectivity index (χ4n) is 4.23. The highest BCUT2D eigenvalue weighted by atomic mass is 35.5. The van der Waals surface area contributed by atoms with Gasteiger partial charge in [-0.1, -0.05) is 35.9 Å². The molecule has 5 heteroatoms. The Hall–Kier alpha value is -1.91. The van der Waals surface area contributed by atoms with Crippen molar-refractivity contribution in [1.82, 2.24) is 4.90 Å². The minimum Gasteiger partial charge on any atom is -0.312 e. The Morgan fingerprint density at radius 1 is 1.07 bits per heavy atom. The summed E-state index contributed by atoms with van der Waals surface area (Å²) in [5, 5.41) is 0.470. The molecular weight excluding hydrogens is 363 g/mol. The number of carbonyl (C=O) groups is 1. The first-order valence-corrected chi connectivity index (χ1v) is 10.1. The molecule has 2 aliphatic rings. The minimum atomic E-state index is -0.259. The number of rotatable bonds is 3. The van der Waals surface area contributed by atoms with Gasteiger partial charge in [0.05, 0.1) is 0 Å². The van der Waals surface area contributed by atoms with Gasteiger partial charge >= 0.3 is 0 Å². The SMILES string of the molecule is O=C(C1CCN(Cc2c(F)cccc2Cl)CC1)N1CCCc2ccccc21. The highest BCUT2D eigenvalue weighted by molar-refractivity contribution is 6.31. The number of carbonyl (C=O) groups excluding carboxylic acids is 1. The van der Waals surface area contributed by atoms with E-state index in [4.69, 9.17) is 11.6 Å². The van der Waals surface area contributed by atoms with Crippen molar-refractivity contribution in [2.24, 2.45) is 5.92 Å². The first-order chi connectivity index (χ1) is 13.1. The number of fused-ring (bicyclic) bond motifs is 1. The summed E-state index contributed by atoms with van der Waals surface area (Å²) in [5.41, 5.74) is 2.90. The number of piperidine rings is 1. The number of likely N-dealkylation sites (tertiary alicyclic amines) is 1. The summed E-state index contributed by atoms with van der Waals surface area (Å²) >= 11 is 6.15. The van der Waals surface area contributed by atoms with Crippen molar-refractivity contribution in [2.75, 3.05) is 24.5 Å². The molecule has 0 bridgehead atoms. The monoisotopic (exact) mass is 386 g/mol. The molecule has 2 aliphatic heterocycles. The number of anilines is 1. The van der Waals surface area contributed by atoms with Crippen LogP contribution < -0.4 is 4.90 Å². The Kier molecular flexibility index (Phi) is 5.46. The van der Waals surface area contributed by atoms with Crippen LogP contribution in [0.3, 0.4) is 0 Å². The quantitative estimate of drug-likeness (QED) is 0.765. The lowest BCUT2D eigenvalue weighted by Crippen LogP contribution is -2.44. The maximum absolute atomic E-state index is 14.0. The van der Waals surface area contributed by atoms with Gasteiger partial charge < -0.3 is 4.90 Å². The molecule has 0 unspecified atom stereocenters. The van der Waals surface area contributed by atoms with E-state index in [2.05, 4.69) is 17.0 Å². The third kappa shape index (κ3) is 3.87. The van der Waals surface area contributed by atoms with Crippen molar-refractivity contribution in [1.29, 1.82) is 0 Å². The number of nitrogens with zero attached hydrogens (tertiary/aromatic N) is 2. The summed E-state index contributed by atoms with van der Waals surface area (Å²) in [6.07, 6.45) is 3.68. The van der Waals surface area contributed by atoms with Gasteiger partial charge in [0.1, 0.15) is 5.82 Å². The van der Waals surface area contributed by atoms with Crippen molar-refractivity contribution in [2.45, 2.75) is 32.2 Å². The van der Waals surface area contributed by atoms with Crippen LogP contribution in [0.25, 0.3) is 0 Å². The van der Waals surface area contributed by atoms with Crippen molar-refractivity contribution in [3.05, 3.63) is 64.4 Å². The third-order valence-corrected chi connectivity index (χ3v) is 6.11. The molecule has 1 fully saturated rings. The first kappa shape index (κ1) is 18.5. The fourth-order valence-corrected chi connectivity index (χ4v) is 4.45. The highest BCUT2D eigenvalue weighted by Gasteiger charge is 2.31. The van der Waals surface area contributed by atoms with E-state index in [-0.39, 0.29) is 17.6 Å². The molecule has 142 valence electrons. The standard InChI is InChI=1S/C22H24ClFN2O/c23-19-7-3-8-20(24)18(19)15-25-13-10-17(11-14-25)22(27)26-12-4-6-16-5-1-2-9-21(16)26/h1-3,5,7-9,17H,4,6,10-15H2. The molecule has 4 rings (SSSR count). The molecule has 2 heterocycles. The van der Waals surface area contributed by atoms with Gasteiger partial charge in [0.2, 0.25) is 5.91 Å². The number of halogens is 2. The number of para-hydroxylation sites is 1. The van der Waals surface area contributed by atoms with Crippen molar-refractivity contribution in [3.63, 3.8) is 0 Å². The van der Waals surface area contributed by atoms with Crippen LogP contribution in [0, 0.1) is 11.7 Å². The van der Waals surface area contributed by atoms with Gasteiger partial charge in [-0.2, -0.15) is 0 Å². The predicted molar refractivity (Wildman–Crippen MR) is 107 cm³/mol. The zero-order valence-electron chi connectivity index (χ0n) is 15.3. The maximum Gasteiger partial charge on any atom is 0.230 e. The summed E-state index contributed by atoms with van der Waals surface area (Å²) in [6.45, 7) is 2.88. The molecule has 2 aromatic carbocycles. The molecule has 1 saturated heterocycles. The van der Waals surface area contributed by atoms with E-state index in [1.165, 1.54) is 11.6 Å². The van der Waals surface area contributed by atoms with E-state index in [1.54, 1.807) is 12.1 Å². The molecule has 3 nitrogen and oxygen atoms in total. The van der Waals surface area contributed by atoms with E-state index in [0.29, 0.717) is 17.1 Å². The molecule has 27 heavy (non-hydrogen) atoms. The number of aryl methyl sites for hydroxylation is 1. The Morgan fingerprint density at radius 3 is 2.63 bits per heavy atom. The normalized spacial score (nSPS) is 18.4. The van der Waals surface area contributed by atoms with Crippen LogP contribution in [0.2, 0.25) is 5.02 Å². The van der Waals surface area contributed by atoms with Crippen LogP contribution in [0.15, 0.2) is 42.5 Å². The summed E-state index contributed by atoms with van der Waals surface area (Å²) in [6, 6.07) is 13.0. The van der Waals surface area contributed by atoms with Gasteiger partial charge in [-0.15, -0.1) is 0 Å². The first-order valence-electron chi connectivity index (χ1n) is 9.68.